The van der Waals surface area contributed by atoms with Crippen molar-refractivity contribution < 1.29 is 9.59 Å². The van der Waals surface area contributed by atoms with Gasteiger partial charge in [0.25, 0.3) is 11.8 Å². The average Bonchev–Trinajstić information content (AvgIpc) is 3.29. The number of rotatable bonds is 5. The number of benzene rings is 2. The minimum absolute atomic E-state index is 0.148. The molecule has 0 spiro atoms. The van der Waals surface area contributed by atoms with Crippen LogP contribution < -0.4 is 10.6 Å². The van der Waals surface area contributed by atoms with Gasteiger partial charge in [-0.15, -0.1) is 11.3 Å². The second-order valence-corrected chi connectivity index (χ2v) is 8.46. The highest BCUT2D eigenvalue weighted by Crippen LogP contribution is 2.39. The van der Waals surface area contributed by atoms with E-state index in [-0.39, 0.29) is 11.8 Å². The number of para-hydroxylation sites is 1. The summed E-state index contributed by atoms with van der Waals surface area (Å²) in [7, 11) is 0. The molecule has 0 atom stereocenters. The van der Waals surface area contributed by atoms with Gasteiger partial charge in [-0.1, -0.05) is 42.8 Å². The van der Waals surface area contributed by atoms with Gasteiger partial charge in [0.15, 0.2) is 0 Å². The van der Waals surface area contributed by atoms with Crippen molar-refractivity contribution in [1.82, 2.24) is 0 Å². The molecule has 0 unspecified atom stereocenters. The largest absolute Gasteiger partial charge is 0.322 e. The maximum Gasteiger partial charge on any atom is 0.258 e. The quantitative estimate of drug-likeness (QED) is 0.580. The molecule has 0 bridgehead atoms. The first-order valence-corrected chi connectivity index (χ1v) is 10.8. The van der Waals surface area contributed by atoms with E-state index in [9.17, 15) is 9.59 Å². The molecule has 0 fully saturated rings. The Morgan fingerprint density at radius 1 is 1.00 bits per heavy atom. The summed E-state index contributed by atoms with van der Waals surface area (Å²) in [5.74, 6) is -0.332. The van der Waals surface area contributed by atoms with Crippen LogP contribution in [0.3, 0.4) is 0 Å². The molecule has 1 aliphatic rings. The zero-order valence-electron chi connectivity index (χ0n) is 16.7. The first-order valence-electron chi connectivity index (χ1n) is 9.98. The van der Waals surface area contributed by atoms with Crippen LogP contribution in [-0.4, -0.2) is 11.8 Å². The van der Waals surface area contributed by atoms with E-state index in [0.29, 0.717) is 16.1 Å². The van der Waals surface area contributed by atoms with Crippen LogP contribution in [0.25, 0.3) is 0 Å². The molecule has 2 N–H and O–H groups in total. The van der Waals surface area contributed by atoms with Gasteiger partial charge in [-0.3, -0.25) is 9.59 Å². The van der Waals surface area contributed by atoms with Crippen LogP contribution >= 0.6 is 11.3 Å². The van der Waals surface area contributed by atoms with Gasteiger partial charge in [0.05, 0.1) is 5.56 Å². The molecule has 148 valence electrons. The predicted molar refractivity (Wildman–Crippen MR) is 119 cm³/mol. The summed E-state index contributed by atoms with van der Waals surface area (Å²) in [6, 6.07) is 15.3. The van der Waals surface area contributed by atoms with Crippen molar-refractivity contribution >= 4 is 33.8 Å². The van der Waals surface area contributed by atoms with Gasteiger partial charge in [-0.05, 0) is 61.9 Å². The molecular formula is C24H24N2O2S. The fraction of sp³-hybridized carbons (Fsp3) is 0.250. The second-order valence-electron chi connectivity index (χ2n) is 7.35. The monoisotopic (exact) mass is 404 g/mol. The number of carbonyl (C=O) groups excluding carboxylic acids is 2. The standard InChI is InChI=1S/C24H24N2O2S/c1-3-16-9-4-5-12-19(16)25-23(28)21-18-11-7-13-20(18)29-24(21)26-22(27)17-10-6-8-15(2)14-17/h4-6,8-10,12,14H,3,7,11,13H2,1-2H3,(H,25,28)(H,26,27). The molecule has 1 aliphatic carbocycles. The van der Waals surface area contributed by atoms with E-state index in [4.69, 9.17) is 0 Å². The maximum absolute atomic E-state index is 13.2. The summed E-state index contributed by atoms with van der Waals surface area (Å²) in [6.07, 6.45) is 3.74. The highest BCUT2D eigenvalue weighted by atomic mass is 32.1. The number of anilines is 2. The molecule has 0 saturated carbocycles. The van der Waals surface area contributed by atoms with Crippen molar-refractivity contribution in [3.05, 3.63) is 81.2 Å². The highest BCUT2D eigenvalue weighted by Gasteiger charge is 2.28. The lowest BCUT2D eigenvalue weighted by Gasteiger charge is -2.12. The summed E-state index contributed by atoms with van der Waals surface area (Å²) >= 11 is 1.53. The fourth-order valence-electron chi connectivity index (χ4n) is 3.83. The molecule has 1 aromatic heterocycles. The molecule has 2 amide bonds. The van der Waals surface area contributed by atoms with E-state index in [2.05, 4.69) is 17.6 Å². The first-order chi connectivity index (χ1) is 14.1. The smallest absolute Gasteiger partial charge is 0.258 e. The summed E-state index contributed by atoms with van der Waals surface area (Å²) in [5.41, 5.74) is 5.25. The Morgan fingerprint density at radius 3 is 2.62 bits per heavy atom. The van der Waals surface area contributed by atoms with Gasteiger partial charge >= 0.3 is 0 Å². The summed E-state index contributed by atoms with van der Waals surface area (Å²) in [5, 5.41) is 6.72. The van der Waals surface area contributed by atoms with Crippen molar-refractivity contribution in [2.45, 2.75) is 39.5 Å². The van der Waals surface area contributed by atoms with E-state index in [1.165, 1.54) is 16.2 Å². The third kappa shape index (κ3) is 3.96. The Kier molecular flexibility index (Phi) is 5.49. The number of thiophene rings is 1. The molecule has 0 aliphatic heterocycles. The molecule has 3 aromatic rings. The number of aryl methyl sites for hydroxylation is 3. The zero-order chi connectivity index (χ0) is 20.4. The topological polar surface area (TPSA) is 58.2 Å². The van der Waals surface area contributed by atoms with Crippen molar-refractivity contribution in [3.63, 3.8) is 0 Å². The van der Waals surface area contributed by atoms with Crippen molar-refractivity contribution in [2.24, 2.45) is 0 Å². The second kappa shape index (κ2) is 8.21. The van der Waals surface area contributed by atoms with Crippen molar-refractivity contribution in [3.8, 4) is 0 Å². The first kappa shape index (κ1) is 19.4. The van der Waals surface area contributed by atoms with Crippen LogP contribution in [0, 0.1) is 6.92 Å². The van der Waals surface area contributed by atoms with Gasteiger partial charge in [-0.2, -0.15) is 0 Å². The van der Waals surface area contributed by atoms with Gasteiger partial charge in [0, 0.05) is 16.1 Å². The van der Waals surface area contributed by atoms with Gasteiger partial charge < -0.3 is 10.6 Å². The Labute approximate surface area is 175 Å². The number of hydrogen-bond donors (Lipinski definition) is 2. The lowest BCUT2D eigenvalue weighted by molar-refractivity contribution is 0.102. The third-order valence-electron chi connectivity index (χ3n) is 5.30. The van der Waals surface area contributed by atoms with Crippen LogP contribution in [0.4, 0.5) is 10.7 Å². The number of fused-ring (bicyclic) bond motifs is 1. The molecule has 2 aromatic carbocycles. The van der Waals surface area contributed by atoms with Crippen LogP contribution in [0.15, 0.2) is 48.5 Å². The van der Waals surface area contributed by atoms with Crippen molar-refractivity contribution in [1.29, 1.82) is 0 Å². The van der Waals surface area contributed by atoms with Crippen LogP contribution in [0.1, 0.15) is 55.6 Å². The molecule has 1 heterocycles. The Balaban J connectivity index is 1.64. The molecule has 0 radical (unpaired) electrons. The highest BCUT2D eigenvalue weighted by molar-refractivity contribution is 7.17. The van der Waals surface area contributed by atoms with Crippen LogP contribution in [0.5, 0.6) is 0 Å². The minimum Gasteiger partial charge on any atom is -0.322 e. The minimum atomic E-state index is -0.184. The van der Waals surface area contributed by atoms with E-state index < -0.39 is 0 Å². The molecular weight excluding hydrogens is 380 g/mol. The molecule has 4 rings (SSSR count). The van der Waals surface area contributed by atoms with Crippen LogP contribution in [0.2, 0.25) is 0 Å². The van der Waals surface area contributed by atoms with Crippen molar-refractivity contribution in [2.75, 3.05) is 10.6 Å². The SMILES string of the molecule is CCc1ccccc1NC(=O)c1c(NC(=O)c2cccc(C)c2)sc2c1CCC2. The Hall–Kier alpha value is -2.92. The average molecular weight is 405 g/mol. The van der Waals surface area contributed by atoms with E-state index in [1.807, 2.05) is 49.4 Å². The number of amides is 2. The molecule has 4 nitrogen and oxygen atoms in total. The predicted octanol–water partition coefficient (Wildman–Crippen LogP) is 5.61. The third-order valence-corrected chi connectivity index (χ3v) is 6.51. The lowest BCUT2D eigenvalue weighted by atomic mass is 10.1. The zero-order valence-corrected chi connectivity index (χ0v) is 17.5. The van der Waals surface area contributed by atoms with E-state index in [0.717, 1.165) is 48.1 Å². The summed E-state index contributed by atoms with van der Waals surface area (Å²) < 4.78 is 0. The number of carbonyl (C=O) groups is 2. The Morgan fingerprint density at radius 2 is 1.83 bits per heavy atom. The van der Waals surface area contributed by atoms with E-state index in [1.54, 1.807) is 6.07 Å². The Bertz CT molecular complexity index is 1080. The van der Waals surface area contributed by atoms with Gasteiger partial charge in [0.2, 0.25) is 0 Å². The molecule has 5 heteroatoms. The van der Waals surface area contributed by atoms with E-state index >= 15 is 0 Å². The number of hydrogen-bond acceptors (Lipinski definition) is 3. The van der Waals surface area contributed by atoms with Crippen LogP contribution in [-0.2, 0) is 19.3 Å². The van der Waals surface area contributed by atoms with Gasteiger partial charge in [-0.25, -0.2) is 0 Å². The molecule has 0 saturated heterocycles. The number of nitrogens with one attached hydrogen (secondary N) is 2. The summed E-state index contributed by atoms with van der Waals surface area (Å²) in [6.45, 7) is 4.03. The fourth-order valence-corrected chi connectivity index (χ4v) is 5.11. The normalized spacial score (nSPS) is 12.5. The summed E-state index contributed by atoms with van der Waals surface area (Å²) in [4.78, 5) is 27.2. The van der Waals surface area contributed by atoms with Gasteiger partial charge in [0.1, 0.15) is 5.00 Å². The lowest BCUT2D eigenvalue weighted by Crippen LogP contribution is -2.18. The maximum atomic E-state index is 13.2. The molecule has 29 heavy (non-hydrogen) atoms.